The number of carbonyl (C=O) groups is 2. The molecule has 2 aromatic rings. The van der Waals surface area contributed by atoms with Gasteiger partial charge in [0, 0.05) is 37.3 Å². The van der Waals surface area contributed by atoms with Crippen LogP contribution in [0.2, 0.25) is 0 Å². The number of hydrogen-bond acceptors (Lipinski definition) is 6. The van der Waals surface area contributed by atoms with E-state index < -0.39 is 6.09 Å². The van der Waals surface area contributed by atoms with Crippen LogP contribution in [-0.2, 0) is 24.2 Å². The summed E-state index contributed by atoms with van der Waals surface area (Å²) in [5.74, 6) is -0.219. The molecule has 0 radical (unpaired) electrons. The van der Waals surface area contributed by atoms with Crippen molar-refractivity contribution in [1.82, 2.24) is 15.2 Å². The van der Waals surface area contributed by atoms with Crippen LogP contribution in [0.3, 0.4) is 0 Å². The van der Waals surface area contributed by atoms with Gasteiger partial charge in [-0.1, -0.05) is 12.1 Å². The molecule has 0 bridgehead atoms. The van der Waals surface area contributed by atoms with E-state index in [9.17, 15) is 9.59 Å². The van der Waals surface area contributed by atoms with Crippen LogP contribution in [0.15, 0.2) is 36.5 Å². The van der Waals surface area contributed by atoms with E-state index in [2.05, 4.69) is 19.9 Å². The Kier molecular flexibility index (Phi) is 5.87. The number of nitrogens with zero attached hydrogens (tertiary/aromatic N) is 2. The van der Waals surface area contributed by atoms with Gasteiger partial charge in [-0.05, 0) is 29.3 Å². The van der Waals surface area contributed by atoms with E-state index >= 15 is 0 Å². The molecule has 1 aromatic carbocycles. The lowest BCUT2D eigenvalue weighted by Crippen LogP contribution is -2.31. The Morgan fingerprint density at radius 1 is 1.26 bits per heavy atom. The molecule has 0 aliphatic carbocycles. The molecule has 1 aliphatic heterocycles. The van der Waals surface area contributed by atoms with Crippen molar-refractivity contribution in [2.24, 2.45) is 5.73 Å². The standard InChI is InChI=1S/C19H23N5O3/c20-16-9-15-12-24(7-5-17(15)23-10-16)11-13-1-3-14(4-2-13)18(25)22-6-8-27-19(21)26/h1-4,9-10H,5-8,11-12,20H2,(H2,21,26)(H,22,25). The number of amides is 2. The lowest BCUT2D eigenvalue weighted by atomic mass is 10.0. The minimum atomic E-state index is -0.854. The fraction of sp³-hybridized carbons (Fsp3) is 0.316. The molecule has 0 saturated heterocycles. The Labute approximate surface area is 157 Å². The smallest absolute Gasteiger partial charge is 0.404 e. The van der Waals surface area contributed by atoms with Gasteiger partial charge in [-0.2, -0.15) is 0 Å². The van der Waals surface area contributed by atoms with Gasteiger partial charge in [0.25, 0.3) is 5.91 Å². The Hall–Kier alpha value is -3.13. The Bertz CT molecular complexity index is 823. The number of aromatic nitrogens is 1. The van der Waals surface area contributed by atoms with Crippen LogP contribution in [0.5, 0.6) is 0 Å². The average Bonchev–Trinajstić information content (AvgIpc) is 2.65. The number of primary amides is 1. The first-order chi connectivity index (χ1) is 13.0. The van der Waals surface area contributed by atoms with E-state index in [1.165, 1.54) is 5.56 Å². The molecular weight excluding hydrogens is 346 g/mol. The largest absolute Gasteiger partial charge is 0.448 e. The molecule has 0 saturated carbocycles. The number of carbonyl (C=O) groups excluding carboxylic acids is 2. The summed E-state index contributed by atoms with van der Waals surface area (Å²) in [6.45, 7) is 2.81. The molecular formula is C19H23N5O3. The summed E-state index contributed by atoms with van der Waals surface area (Å²) in [5, 5.41) is 2.67. The van der Waals surface area contributed by atoms with Crippen LogP contribution >= 0.6 is 0 Å². The van der Waals surface area contributed by atoms with Gasteiger partial charge in [0.1, 0.15) is 6.61 Å². The molecule has 2 amide bonds. The quantitative estimate of drug-likeness (QED) is 0.654. The minimum absolute atomic E-state index is 0.0506. The predicted molar refractivity (Wildman–Crippen MR) is 101 cm³/mol. The van der Waals surface area contributed by atoms with Gasteiger partial charge in [-0.25, -0.2) is 4.79 Å². The second kappa shape index (κ2) is 8.50. The Morgan fingerprint density at radius 2 is 2.04 bits per heavy atom. The summed E-state index contributed by atoms with van der Waals surface area (Å²) in [4.78, 5) is 29.3. The second-order valence-corrected chi connectivity index (χ2v) is 6.46. The van der Waals surface area contributed by atoms with Gasteiger partial charge in [0.2, 0.25) is 0 Å². The molecule has 8 heteroatoms. The number of pyridine rings is 1. The second-order valence-electron chi connectivity index (χ2n) is 6.46. The molecule has 0 fully saturated rings. The van der Waals surface area contributed by atoms with Crippen molar-refractivity contribution in [2.45, 2.75) is 19.5 Å². The number of fused-ring (bicyclic) bond motifs is 1. The van der Waals surface area contributed by atoms with Gasteiger partial charge in [0.15, 0.2) is 0 Å². The highest BCUT2D eigenvalue weighted by atomic mass is 16.5. The van der Waals surface area contributed by atoms with Crippen LogP contribution in [0.25, 0.3) is 0 Å². The maximum Gasteiger partial charge on any atom is 0.404 e. The summed E-state index contributed by atoms with van der Waals surface area (Å²) in [7, 11) is 0. The number of anilines is 1. The summed E-state index contributed by atoms with van der Waals surface area (Å²) in [5.41, 5.74) is 15.4. The predicted octanol–water partition coefficient (Wildman–Crippen LogP) is 1.05. The molecule has 0 atom stereocenters. The van der Waals surface area contributed by atoms with Gasteiger partial charge in [0.05, 0.1) is 18.4 Å². The number of nitrogen functional groups attached to an aromatic ring is 1. The van der Waals surface area contributed by atoms with Gasteiger partial charge >= 0.3 is 6.09 Å². The third kappa shape index (κ3) is 5.18. The fourth-order valence-electron chi connectivity index (χ4n) is 3.08. The maximum atomic E-state index is 12.0. The molecule has 2 heterocycles. The summed E-state index contributed by atoms with van der Waals surface area (Å²) in [6.07, 6.45) is 1.76. The fourth-order valence-corrected chi connectivity index (χ4v) is 3.08. The lowest BCUT2D eigenvalue weighted by Gasteiger charge is -2.28. The third-order valence-electron chi connectivity index (χ3n) is 4.39. The average molecular weight is 369 g/mol. The Balaban J connectivity index is 1.52. The zero-order valence-electron chi connectivity index (χ0n) is 15.0. The van der Waals surface area contributed by atoms with Crippen molar-refractivity contribution >= 4 is 17.7 Å². The third-order valence-corrected chi connectivity index (χ3v) is 4.39. The number of nitrogens with two attached hydrogens (primary N) is 2. The van der Waals surface area contributed by atoms with E-state index in [4.69, 9.17) is 11.5 Å². The zero-order valence-corrected chi connectivity index (χ0v) is 15.0. The van der Waals surface area contributed by atoms with Crippen molar-refractivity contribution in [3.8, 4) is 0 Å². The van der Waals surface area contributed by atoms with Crippen LogP contribution in [0, 0.1) is 0 Å². The number of hydrogen-bond donors (Lipinski definition) is 3. The van der Waals surface area contributed by atoms with E-state index in [1.807, 2.05) is 18.2 Å². The number of nitrogens with one attached hydrogen (secondary N) is 1. The molecule has 5 N–H and O–H groups in total. The molecule has 0 spiro atoms. The number of rotatable bonds is 6. The van der Waals surface area contributed by atoms with E-state index in [0.29, 0.717) is 11.3 Å². The molecule has 142 valence electrons. The first-order valence-corrected chi connectivity index (χ1v) is 8.76. The van der Waals surface area contributed by atoms with Gasteiger partial charge < -0.3 is 21.5 Å². The van der Waals surface area contributed by atoms with Crippen molar-refractivity contribution in [3.63, 3.8) is 0 Å². The number of benzene rings is 1. The van der Waals surface area contributed by atoms with E-state index in [1.54, 1.807) is 18.3 Å². The summed E-state index contributed by atoms with van der Waals surface area (Å²) >= 11 is 0. The normalized spacial score (nSPS) is 13.6. The first-order valence-electron chi connectivity index (χ1n) is 8.76. The molecule has 3 rings (SSSR count). The van der Waals surface area contributed by atoms with Crippen LogP contribution in [0.1, 0.15) is 27.2 Å². The highest BCUT2D eigenvalue weighted by molar-refractivity contribution is 5.94. The van der Waals surface area contributed by atoms with Crippen LogP contribution < -0.4 is 16.8 Å². The maximum absolute atomic E-state index is 12.0. The van der Waals surface area contributed by atoms with Gasteiger partial charge in [-0.3, -0.25) is 14.7 Å². The molecule has 0 unspecified atom stereocenters. The topological polar surface area (TPSA) is 124 Å². The first kappa shape index (κ1) is 18.7. The van der Waals surface area contributed by atoms with Crippen molar-refractivity contribution < 1.29 is 14.3 Å². The van der Waals surface area contributed by atoms with E-state index in [-0.39, 0.29) is 19.1 Å². The minimum Gasteiger partial charge on any atom is -0.448 e. The van der Waals surface area contributed by atoms with Crippen LogP contribution in [0.4, 0.5) is 10.5 Å². The molecule has 27 heavy (non-hydrogen) atoms. The van der Waals surface area contributed by atoms with Crippen molar-refractivity contribution in [3.05, 3.63) is 58.9 Å². The van der Waals surface area contributed by atoms with Gasteiger partial charge in [-0.15, -0.1) is 0 Å². The van der Waals surface area contributed by atoms with Crippen LogP contribution in [-0.4, -0.2) is 41.6 Å². The highest BCUT2D eigenvalue weighted by Gasteiger charge is 2.17. The zero-order chi connectivity index (χ0) is 19.2. The number of ether oxygens (including phenoxy) is 1. The summed E-state index contributed by atoms with van der Waals surface area (Å²) in [6, 6.07) is 9.46. The molecule has 8 nitrogen and oxygen atoms in total. The SMILES string of the molecule is NC(=O)OCCNC(=O)c1ccc(CN2CCc3ncc(N)cc3C2)cc1. The van der Waals surface area contributed by atoms with Crippen molar-refractivity contribution in [1.29, 1.82) is 0 Å². The highest BCUT2D eigenvalue weighted by Crippen LogP contribution is 2.20. The molecule has 1 aromatic heterocycles. The van der Waals surface area contributed by atoms with E-state index in [0.717, 1.165) is 37.3 Å². The summed E-state index contributed by atoms with van der Waals surface area (Å²) < 4.78 is 4.57. The van der Waals surface area contributed by atoms with Crippen molar-refractivity contribution in [2.75, 3.05) is 25.4 Å². The molecule has 1 aliphatic rings. The monoisotopic (exact) mass is 369 g/mol. The lowest BCUT2D eigenvalue weighted by molar-refractivity contribution is 0.0937. The Morgan fingerprint density at radius 3 is 2.78 bits per heavy atom.